The first-order valence-electron chi connectivity index (χ1n) is 5.87. The van der Waals surface area contributed by atoms with Crippen molar-refractivity contribution in [2.75, 3.05) is 6.54 Å². The molecule has 0 unspecified atom stereocenters. The van der Waals surface area contributed by atoms with Crippen LogP contribution in [0.1, 0.15) is 17.4 Å². The number of halogens is 2. The standard InChI is InChI=1S/C14H15BrFNS/c1-2-17(10-12-4-3-7-18-12)9-11-5-6-14(16)13(15)8-11/h3-8H,2,9-10H2,1H3. The van der Waals surface area contributed by atoms with Crippen LogP contribution in [0.5, 0.6) is 0 Å². The third kappa shape index (κ3) is 3.64. The van der Waals surface area contributed by atoms with E-state index in [9.17, 15) is 4.39 Å². The van der Waals surface area contributed by atoms with Gasteiger partial charge in [0.05, 0.1) is 4.47 Å². The van der Waals surface area contributed by atoms with E-state index in [4.69, 9.17) is 0 Å². The highest BCUT2D eigenvalue weighted by molar-refractivity contribution is 9.10. The summed E-state index contributed by atoms with van der Waals surface area (Å²) in [6.07, 6.45) is 0. The van der Waals surface area contributed by atoms with Crippen LogP contribution < -0.4 is 0 Å². The molecule has 2 aromatic rings. The molecule has 4 heteroatoms. The third-order valence-electron chi connectivity index (χ3n) is 2.80. The Balaban J connectivity index is 2.03. The SMILES string of the molecule is CCN(Cc1ccc(F)c(Br)c1)Cc1cccs1. The Morgan fingerprint density at radius 2 is 2.11 bits per heavy atom. The number of benzene rings is 1. The summed E-state index contributed by atoms with van der Waals surface area (Å²) in [4.78, 5) is 3.70. The highest BCUT2D eigenvalue weighted by Gasteiger charge is 2.07. The minimum Gasteiger partial charge on any atom is -0.294 e. The van der Waals surface area contributed by atoms with Gasteiger partial charge in [-0.3, -0.25) is 4.90 Å². The predicted octanol–water partition coefficient (Wildman–Crippen LogP) is 4.67. The molecule has 0 aliphatic heterocycles. The van der Waals surface area contributed by atoms with Crippen molar-refractivity contribution in [1.82, 2.24) is 4.90 Å². The van der Waals surface area contributed by atoms with Gasteiger partial charge < -0.3 is 0 Å². The van der Waals surface area contributed by atoms with Crippen LogP contribution in [0.2, 0.25) is 0 Å². The quantitative estimate of drug-likeness (QED) is 0.771. The Labute approximate surface area is 119 Å². The van der Waals surface area contributed by atoms with Gasteiger partial charge >= 0.3 is 0 Å². The van der Waals surface area contributed by atoms with Crippen molar-refractivity contribution in [2.45, 2.75) is 20.0 Å². The maximum absolute atomic E-state index is 13.2. The lowest BCUT2D eigenvalue weighted by molar-refractivity contribution is 0.273. The van der Waals surface area contributed by atoms with Crippen molar-refractivity contribution >= 4 is 27.3 Å². The molecule has 0 atom stereocenters. The maximum atomic E-state index is 13.2. The van der Waals surface area contributed by atoms with E-state index in [-0.39, 0.29) is 5.82 Å². The molecule has 0 amide bonds. The second kappa shape index (κ2) is 6.45. The first-order chi connectivity index (χ1) is 8.69. The highest BCUT2D eigenvalue weighted by Crippen LogP contribution is 2.19. The average molecular weight is 328 g/mol. The Morgan fingerprint density at radius 1 is 1.28 bits per heavy atom. The van der Waals surface area contributed by atoms with Gasteiger partial charge in [0.25, 0.3) is 0 Å². The lowest BCUT2D eigenvalue weighted by Crippen LogP contribution is -2.21. The molecular formula is C14H15BrFNS. The molecular weight excluding hydrogens is 313 g/mol. The van der Waals surface area contributed by atoms with Crippen molar-refractivity contribution in [3.8, 4) is 0 Å². The Bertz CT molecular complexity index is 499. The molecule has 0 bridgehead atoms. The number of rotatable bonds is 5. The minimum absolute atomic E-state index is 0.208. The van der Waals surface area contributed by atoms with Gasteiger partial charge in [0.15, 0.2) is 0 Å². The number of thiophene rings is 1. The van der Waals surface area contributed by atoms with Crippen molar-refractivity contribution in [1.29, 1.82) is 0 Å². The van der Waals surface area contributed by atoms with Gasteiger partial charge in [-0.1, -0.05) is 19.1 Å². The van der Waals surface area contributed by atoms with E-state index in [1.165, 1.54) is 10.9 Å². The summed E-state index contributed by atoms with van der Waals surface area (Å²) in [7, 11) is 0. The van der Waals surface area contributed by atoms with Crippen LogP contribution in [0.3, 0.4) is 0 Å². The minimum atomic E-state index is -0.208. The van der Waals surface area contributed by atoms with E-state index in [2.05, 4.69) is 45.3 Å². The lowest BCUT2D eigenvalue weighted by atomic mass is 10.2. The Morgan fingerprint density at radius 3 is 2.72 bits per heavy atom. The van der Waals surface area contributed by atoms with Crippen LogP contribution in [0.15, 0.2) is 40.2 Å². The number of nitrogens with zero attached hydrogens (tertiary/aromatic N) is 1. The number of hydrogen-bond donors (Lipinski definition) is 0. The largest absolute Gasteiger partial charge is 0.294 e. The summed E-state index contributed by atoms with van der Waals surface area (Å²) in [6, 6.07) is 9.43. The lowest BCUT2D eigenvalue weighted by Gasteiger charge is -2.19. The van der Waals surface area contributed by atoms with Crippen LogP contribution in [-0.4, -0.2) is 11.4 Å². The number of hydrogen-bond acceptors (Lipinski definition) is 2. The van der Waals surface area contributed by atoms with Crippen molar-refractivity contribution < 1.29 is 4.39 Å². The monoisotopic (exact) mass is 327 g/mol. The van der Waals surface area contributed by atoms with Gasteiger partial charge in [0.1, 0.15) is 5.82 Å². The van der Waals surface area contributed by atoms with E-state index >= 15 is 0 Å². The first-order valence-corrected chi connectivity index (χ1v) is 7.55. The summed E-state index contributed by atoms with van der Waals surface area (Å²) < 4.78 is 13.7. The van der Waals surface area contributed by atoms with E-state index in [0.717, 1.165) is 25.2 Å². The van der Waals surface area contributed by atoms with E-state index in [1.807, 2.05) is 12.1 Å². The normalized spacial score (nSPS) is 11.1. The fourth-order valence-electron chi connectivity index (χ4n) is 1.80. The van der Waals surface area contributed by atoms with E-state index < -0.39 is 0 Å². The molecule has 0 aliphatic rings. The van der Waals surface area contributed by atoms with Gasteiger partial charge in [-0.25, -0.2) is 4.39 Å². The summed E-state index contributed by atoms with van der Waals surface area (Å²) >= 11 is 5.00. The molecule has 0 N–H and O–H groups in total. The van der Waals surface area contributed by atoms with Crippen LogP contribution in [0.25, 0.3) is 0 Å². The maximum Gasteiger partial charge on any atom is 0.137 e. The molecule has 1 aromatic carbocycles. The van der Waals surface area contributed by atoms with Gasteiger partial charge in [-0.2, -0.15) is 0 Å². The van der Waals surface area contributed by atoms with Crippen molar-refractivity contribution in [2.24, 2.45) is 0 Å². The van der Waals surface area contributed by atoms with E-state index in [1.54, 1.807) is 11.3 Å². The summed E-state index contributed by atoms with van der Waals surface area (Å²) in [5.74, 6) is -0.208. The third-order valence-corrected chi connectivity index (χ3v) is 4.27. The fourth-order valence-corrected chi connectivity index (χ4v) is 2.97. The van der Waals surface area contributed by atoms with Gasteiger partial charge in [-0.05, 0) is 51.6 Å². The molecule has 1 aromatic heterocycles. The van der Waals surface area contributed by atoms with Gasteiger partial charge in [0, 0.05) is 18.0 Å². The van der Waals surface area contributed by atoms with Crippen LogP contribution in [0.4, 0.5) is 4.39 Å². The van der Waals surface area contributed by atoms with Crippen LogP contribution in [-0.2, 0) is 13.1 Å². The molecule has 0 spiro atoms. The summed E-state index contributed by atoms with van der Waals surface area (Å²) in [5, 5.41) is 2.09. The molecule has 1 heterocycles. The average Bonchev–Trinajstić information content (AvgIpc) is 2.86. The van der Waals surface area contributed by atoms with Crippen molar-refractivity contribution in [3.63, 3.8) is 0 Å². The zero-order chi connectivity index (χ0) is 13.0. The van der Waals surface area contributed by atoms with Crippen LogP contribution in [0, 0.1) is 5.82 Å². The first kappa shape index (κ1) is 13.7. The summed E-state index contributed by atoms with van der Waals surface area (Å²) in [6.45, 7) is 4.91. The Hall–Kier alpha value is -0.710. The summed E-state index contributed by atoms with van der Waals surface area (Å²) in [5.41, 5.74) is 1.13. The molecule has 1 nitrogen and oxygen atoms in total. The van der Waals surface area contributed by atoms with E-state index in [0.29, 0.717) is 4.47 Å². The molecule has 0 fully saturated rings. The molecule has 0 aliphatic carbocycles. The molecule has 0 radical (unpaired) electrons. The topological polar surface area (TPSA) is 3.24 Å². The molecule has 96 valence electrons. The smallest absolute Gasteiger partial charge is 0.137 e. The van der Waals surface area contributed by atoms with Crippen LogP contribution >= 0.6 is 27.3 Å². The zero-order valence-electron chi connectivity index (χ0n) is 10.2. The van der Waals surface area contributed by atoms with Gasteiger partial charge in [-0.15, -0.1) is 11.3 Å². The van der Waals surface area contributed by atoms with Gasteiger partial charge in [0.2, 0.25) is 0 Å². The molecule has 2 rings (SSSR count). The molecule has 18 heavy (non-hydrogen) atoms. The Kier molecular flexibility index (Phi) is 4.92. The second-order valence-electron chi connectivity index (χ2n) is 4.13. The fraction of sp³-hybridized carbons (Fsp3) is 0.286. The zero-order valence-corrected chi connectivity index (χ0v) is 12.6. The predicted molar refractivity (Wildman–Crippen MR) is 78.2 cm³/mol. The molecule has 0 saturated heterocycles. The second-order valence-corrected chi connectivity index (χ2v) is 6.02. The molecule has 0 saturated carbocycles. The van der Waals surface area contributed by atoms with Crippen molar-refractivity contribution in [3.05, 3.63) is 56.4 Å². The highest BCUT2D eigenvalue weighted by atomic mass is 79.9.